The summed E-state index contributed by atoms with van der Waals surface area (Å²) in [6.07, 6.45) is 0. The van der Waals surface area contributed by atoms with Crippen molar-refractivity contribution in [1.82, 2.24) is 10.0 Å². The van der Waals surface area contributed by atoms with Crippen molar-refractivity contribution in [3.63, 3.8) is 0 Å². The van der Waals surface area contributed by atoms with Crippen LogP contribution in [0.3, 0.4) is 0 Å². The molecule has 0 aliphatic heterocycles. The van der Waals surface area contributed by atoms with Gasteiger partial charge in [-0.2, -0.15) is 0 Å². The molecule has 2 rings (SSSR count). The summed E-state index contributed by atoms with van der Waals surface area (Å²) in [6, 6.07) is 11.3. The summed E-state index contributed by atoms with van der Waals surface area (Å²) in [7, 11) is -2.48. The third-order valence-corrected chi connectivity index (χ3v) is 4.51. The van der Waals surface area contributed by atoms with E-state index >= 15 is 0 Å². The molecule has 2 aromatic rings. The Labute approximate surface area is 140 Å². The van der Waals surface area contributed by atoms with Gasteiger partial charge >= 0.3 is 6.03 Å². The van der Waals surface area contributed by atoms with E-state index in [0.717, 1.165) is 5.56 Å². The summed E-state index contributed by atoms with van der Waals surface area (Å²) in [4.78, 5) is 23.5. The van der Waals surface area contributed by atoms with E-state index in [-0.39, 0.29) is 10.8 Å². The number of hydrogen-bond donors (Lipinski definition) is 3. The van der Waals surface area contributed by atoms with Crippen molar-refractivity contribution >= 4 is 27.6 Å². The van der Waals surface area contributed by atoms with Crippen LogP contribution in [0, 0.1) is 6.92 Å². The standard InChI is InChI=1S/C16H17N3O4S/c1-11-6-8-14(9-7-11)24(22,23)19-16(21)18-13-5-3-4-12(10-13)15(20)17-2/h3-10H,1-2H3,(H,17,20)(H2,18,19,21). The normalized spacial score (nSPS) is 10.8. The largest absolute Gasteiger partial charge is 0.355 e. The van der Waals surface area contributed by atoms with Crippen molar-refractivity contribution in [3.05, 3.63) is 59.7 Å². The number of carbonyl (C=O) groups excluding carboxylic acids is 2. The van der Waals surface area contributed by atoms with Crippen LogP contribution in [0.15, 0.2) is 53.4 Å². The van der Waals surface area contributed by atoms with Gasteiger partial charge in [0.25, 0.3) is 15.9 Å². The number of amides is 3. The van der Waals surface area contributed by atoms with Crippen LogP contribution in [0.2, 0.25) is 0 Å². The molecule has 126 valence electrons. The van der Waals surface area contributed by atoms with Crippen LogP contribution in [0.5, 0.6) is 0 Å². The Hall–Kier alpha value is -2.87. The van der Waals surface area contributed by atoms with E-state index in [1.807, 2.05) is 11.6 Å². The number of carbonyl (C=O) groups is 2. The van der Waals surface area contributed by atoms with Crippen molar-refractivity contribution in [1.29, 1.82) is 0 Å². The molecule has 8 heteroatoms. The van der Waals surface area contributed by atoms with Gasteiger partial charge in [0.15, 0.2) is 0 Å². The van der Waals surface area contributed by atoms with Gasteiger partial charge in [-0.3, -0.25) is 4.79 Å². The minimum absolute atomic E-state index is 0.0117. The molecule has 0 unspecified atom stereocenters. The number of aryl methyl sites for hydroxylation is 1. The Bertz CT molecular complexity index is 861. The average Bonchev–Trinajstić information content (AvgIpc) is 2.54. The summed E-state index contributed by atoms with van der Waals surface area (Å²) >= 11 is 0. The quantitative estimate of drug-likeness (QED) is 0.785. The molecule has 24 heavy (non-hydrogen) atoms. The zero-order valence-corrected chi connectivity index (χ0v) is 14.0. The summed E-state index contributed by atoms with van der Waals surface area (Å²) in [5.41, 5.74) is 1.55. The maximum atomic E-state index is 12.1. The Morgan fingerprint density at radius 1 is 1.00 bits per heavy atom. The van der Waals surface area contributed by atoms with Crippen LogP contribution in [0.4, 0.5) is 10.5 Å². The first-order chi connectivity index (χ1) is 11.3. The lowest BCUT2D eigenvalue weighted by Gasteiger charge is -2.09. The van der Waals surface area contributed by atoms with Gasteiger partial charge in [0.1, 0.15) is 0 Å². The van der Waals surface area contributed by atoms with Crippen LogP contribution in [-0.4, -0.2) is 27.4 Å². The van der Waals surface area contributed by atoms with E-state index in [1.165, 1.54) is 25.2 Å². The molecule has 3 N–H and O–H groups in total. The fourth-order valence-corrected chi connectivity index (χ4v) is 2.84. The van der Waals surface area contributed by atoms with Gasteiger partial charge in [0.2, 0.25) is 0 Å². The zero-order chi connectivity index (χ0) is 17.7. The first-order valence-electron chi connectivity index (χ1n) is 7.04. The van der Waals surface area contributed by atoms with E-state index in [9.17, 15) is 18.0 Å². The highest BCUT2D eigenvalue weighted by atomic mass is 32.2. The fourth-order valence-electron chi connectivity index (χ4n) is 1.94. The summed E-state index contributed by atoms with van der Waals surface area (Å²) < 4.78 is 26.2. The van der Waals surface area contributed by atoms with Crippen molar-refractivity contribution in [2.75, 3.05) is 12.4 Å². The predicted octanol–water partition coefficient (Wildman–Crippen LogP) is 1.87. The van der Waals surface area contributed by atoms with Gasteiger partial charge in [-0.1, -0.05) is 23.8 Å². The lowest BCUT2D eigenvalue weighted by atomic mass is 10.2. The molecule has 0 saturated heterocycles. The van der Waals surface area contributed by atoms with Crippen molar-refractivity contribution < 1.29 is 18.0 Å². The van der Waals surface area contributed by atoms with E-state index in [0.29, 0.717) is 11.3 Å². The molecule has 0 aromatic heterocycles. The molecule has 0 atom stereocenters. The van der Waals surface area contributed by atoms with Gasteiger partial charge in [0.05, 0.1) is 4.90 Å². The third-order valence-electron chi connectivity index (χ3n) is 3.17. The highest BCUT2D eigenvalue weighted by Crippen LogP contribution is 2.12. The second-order valence-electron chi connectivity index (χ2n) is 5.03. The molecule has 3 amide bonds. The molecule has 0 aliphatic rings. The molecule has 2 aromatic carbocycles. The monoisotopic (exact) mass is 347 g/mol. The van der Waals surface area contributed by atoms with Crippen LogP contribution >= 0.6 is 0 Å². The minimum atomic E-state index is -3.97. The van der Waals surface area contributed by atoms with Crippen LogP contribution < -0.4 is 15.4 Å². The van der Waals surface area contributed by atoms with Crippen LogP contribution in [-0.2, 0) is 10.0 Å². The molecular formula is C16H17N3O4S. The second-order valence-corrected chi connectivity index (χ2v) is 6.72. The summed E-state index contributed by atoms with van der Waals surface area (Å²) in [6.45, 7) is 1.83. The first kappa shape index (κ1) is 17.5. The highest BCUT2D eigenvalue weighted by Gasteiger charge is 2.17. The topological polar surface area (TPSA) is 104 Å². The molecule has 0 fully saturated rings. The third kappa shape index (κ3) is 4.32. The molecular weight excluding hydrogens is 330 g/mol. The van der Waals surface area contributed by atoms with Crippen molar-refractivity contribution in [2.24, 2.45) is 0 Å². The van der Waals surface area contributed by atoms with Gasteiger partial charge in [-0.05, 0) is 37.3 Å². The number of urea groups is 1. The van der Waals surface area contributed by atoms with Crippen molar-refractivity contribution in [3.8, 4) is 0 Å². The minimum Gasteiger partial charge on any atom is -0.355 e. The molecule has 0 saturated carbocycles. The Morgan fingerprint density at radius 3 is 2.29 bits per heavy atom. The molecule has 0 radical (unpaired) electrons. The molecule has 7 nitrogen and oxygen atoms in total. The van der Waals surface area contributed by atoms with Gasteiger partial charge in [-0.15, -0.1) is 0 Å². The number of hydrogen-bond acceptors (Lipinski definition) is 4. The SMILES string of the molecule is CNC(=O)c1cccc(NC(=O)NS(=O)(=O)c2ccc(C)cc2)c1. The second kappa shape index (κ2) is 7.14. The van der Waals surface area contributed by atoms with Crippen LogP contribution in [0.1, 0.15) is 15.9 Å². The lowest BCUT2D eigenvalue weighted by molar-refractivity contribution is 0.0963. The Balaban J connectivity index is 2.10. The van der Waals surface area contributed by atoms with Crippen molar-refractivity contribution in [2.45, 2.75) is 11.8 Å². The van der Waals surface area contributed by atoms with E-state index in [1.54, 1.807) is 30.3 Å². The molecule has 0 bridgehead atoms. The smallest absolute Gasteiger partial charge is 0.333 e. The maximum Gasteiger partial charge on any atom is 0.333 e. The Morgan fingerprint density at radius 2 is 1.67 bits per heavy atom. The van der Waals surface area contributed by atoms with Crippen LogP contribution in [0.25, 0.3) is 0 Å². The highest BCUT2D eigenvalue weighted by molar-refractivity contribution is 7.90. The maximum absolute atomic E-state index is 12.1. The fraction of sp³-hybridized carbons (Fsp3) is 0.125. The first-order valence-corrected chi connectivity index (χ1v) is 8.53. The molecule has 0 heterocycles. The van der Waals surface area contributed by atoms with E-state index in [2.05, 4.69) is 10.6 Å². The molecule has 0 spiro atoms. The number of anilines is 1. The van der Waals surface area contributed by atoms with E-state index in [4.69, 9.17) is 0 Å². The molecule has 0 aliphatic carbocycles. The number of sulfonamides is 1. The van der Waals surface area contributed by atoms with Gasteiger partial charge in [0, 0.05) is 18.3 Å². The van der Waals surface area contributed by atoms with E-state index < -0.39 is 16.1 Å². The van der Waals surface area contributed by atoms with Gasteiger partial charge in [-0.25, -0.2) is 17.9 Å². The Kier molecular flexibility index (Phi) is 5.20. The number of rotatable bonds is 4. The summed E-state index contributed by atoms with van der Waals surface area (Å²) in [5.74, 6) is -0.314. The predicted molar refractivity (Wildman–Crippen MR) is 90.4 cm³/mol. The van der Waals surface area contributed by atoms with Gasteiger partial charge < -0.3 is 10.6 Å². The zero-order valence-electron chi connectivity index (χ0n) is 13.2. The number of nitrogens with one attached hydrogen (secondary N) is 3. The lowest BCUT2D eigenvalue weighted by Crippen LogP contribution is -2.34. The summed E-state index contributed by atoms with van der Waals surface area (Å²) in [5, 5.41) is 4.85. The average molecular weight is 347 g/mol. The number of benzene rings is 2.